The third-order valence-electron chi connectivity index (χ3n) is 2.69. The Morgan fingerprint density at radius 2 is 1.40 bits per heavy atom. The molecule has 0 saturated carbocycles. The lowest BCUT2D eigenvalue weighted by Gasteiger charge is -2.09. The number of hydrogen-bond donors (Lipinski definition) is 0. The minimum absolute atomic E-state index is 0.244. The Morgan fingerprint density at radius 3 is 1.75 bits per heavy atom. The van der Waals surface area contributed by atoms with Gasteiger partial charge in [-0.25, -0.2) is 0 Å². The van der Waals surface area contributed by atoms with Crippen molar-refractivity contribution < 1.29 is 4.79 Å². The Morgan fingerprint density at radius 1 is 0.950 bits per heavy atom. The van der Waals surface area contributed by atoms with Crippen molar-refractivity contribution in [3.63, 3.8) is 0 Å². The Hall–Kier alpha value is -1.37. The molecule has 0 saturated heterocycles. The first-order chi connectivity index (χ1) is 9.60. The van der Waals surface area contributed by atoms with Crippen LogP contribution < -0.4 is 0 Å². The summed E-state index contributed by atoms with van der Waals surface area (Å²) in [5.41, 5.74) is 4.58. The summed E-state index contributed by atoms with van der Waals surface area (Å²) in [5.74, 6) is 0.244. The smallest absolute Gasteiger partial charge is 0.162 e. The lowest BCUT2D eigenvalue weighted by molar-refractivity contribution is 0.0987. The van der Waals surface area contributed by atoms with Crippen molar-refractivity contribution in [2.24, 2.45) is 0 Å². The topological polar surface area (TPSA) is 17.1 Å². The minimum Gasteiger partial charge on any atom is -0.294 e. The maximum Gasteiger partial charge on any atom is 0.162 e. The van der Waals surface area contributed by atoms with Crippen molar-refractivity contribution in [3.8, 4) is 0 Å². The molecule has 0 aliphatic heterocycles. The van der Waals surface area contributed by atoms with Crippen LogP contribution in [0.15, 0.2) is 25.3 Å². The summed E-state index contributed by atoms with van der Waals surface area (Å²) < 4.78 is 0. The van der Waals surface area contributed by atoms with E-state index in [9.17, 15) is 4.79 Å². The fourth-order valence-corrected chi connectivity index (χ4v) is 1.75. The number of carbonyl (C=O) groups excluding carboxylic acids is 1. The van der Waals surface area contributed by atoms with E-state index in [0.717, 1.165) is 17.5 Å². The molecule has 0 N–H and O–H groups in total. The third kappa shape index (κ3) is 7.93. The lowest BCUT2D eigenvalue weighted by Crippen LogP contribution is -2.02. The van der Waals surface area contributed by atoms with Gasteiger partial charge in [0.15, 0.2) is 5.78 Å². The summed E-state index contributed by atoms with van der Waals surface area (Å²) in [6.45, 7) is 22.1. The van der Waals surface area contributed by atoms with Gasteiger partial charge in [0, 0.05) is 12.0 Å². The van der Waals surface area contributed by atoms with Crippen LogP contribution in [-0.2, 0) is 6.42 Å². The van der Waals surface area contributed by atoms with Crippen LogP contribution in [0.5, 0.6) is 0 Å². The van der Waals surface area contributed by atoms with Gasteiger partial charge in [-0.2, -0.15) is 0 Å². The van der Waals surface area contributed by atoms with E-state index in [-0.39, 0.29) is 5.78 Å². The summed E-state index contributed by atoms with van der Waals surface area (Å²) in [4.78, 5) is 11.6. The summed E-state index contributed by atoms with van der Waals surface area (Å²) >= 11 is 0. The Balaban J connectivity index is -0.000000425. The molecule has 0 aromatic heterocycles. The average molecular weight is 278 g/mol. The molecule has 0 aliphatic rings. The molecule has 0 spiro atoms. The molecular formula is C19H34O. The van der Waals surface area contributed by atoms with E-state index in [1.807, 2.05) is 47.6 Å². The van der Waals surface area contributed by atoms with Crippen LogP contribution in [-0.4, -0.2) is 5.78 Å². The lowest BCUT2D eigenvalue weighted by atomic mass is 9.95. The predicted molar refractivity (Wildman–Crippen MR) is 93.9 cm³/mol. The molecule has 1 rings (SSSR count). The molecule has 1 nitrogen and oxygen atoms in total. The zero-order valence-electron chi connectivity index (χ0n) is 14.9. The molecule has 1 aromatic carbocycles. The first-order valence-corrected chi connectivity index (χ1v) is 7.73. The number of benzene rings is 1. The molecule has 116 valence electrons. The van der Waals surface area contributed by atoms with E-state index < -0.39 is 0 Å². The number of aryl methyl sites for hydroxylation is 3. The first kappa shape index (κ1) is 23.7. The van der Waals surface area contributed by atoms with E-state index in [0.29, 0.717) is 6.42 Å². The van der Waals surface area contributed by atoms with Crippen LogP contribution in [0.3, 0.4) is 0 Å². The van der Waals surface area contributed by atoms with Gasteiger partial charge >= 0.3 is 0 Å². The Kier molecular flexibility index (Phi) is 18.6. The zero-order chi connectivity index (χ0) is 16.7. The molecule has 1 heteroatoms. The summed E-state index contributed by atoms with van der Waals surface area (Å²) in [6, 6.07) is 4.16. The first-order valence-electron chi connectivity index (χ1n) is 7.73. The van der Waals surface area contributed by atoms with Crippen molar-refractivity contribution in [2.75, 3.05) is 0 Å². The van der Waals surface area contributed by atoms with E-state index in [1.165, 1.54) is 11.1 Å². The van der Waals surface area contributed by atoms with E-state index in [1.54, 1.807) is 0 Å². The van der Waals surface area contributed by atoms with Gasteiger partial charge < -0.3 is 0 Å². The highest BCUT2D eigenvalue weighted by Gasteiger charge is 2.08. The van der Waals surface area contributed by atoms with Crippen LogP contribution in [0.25, 0.3) is 0 Å². The van der Waals surface area contributed by atoms with Gasteiger partial charge in [0.2, 0.25) is 0 Å². The van der Waals surface area contributed by atoms with Gasteiger partial charge in [-0.15, -0.1) is 13.2 Å². The number of carbonyl (C=O) groups is 1. The van der Waals surface area contributed by atoms with Crippen molar-refractivity contribution in [1.82, 2.24) is 0 Å². The van der Waals surface area contributed by atoms with Gasteiger partial charge in [-0.3, -0.25) is 4.79 Å². The molecular weight excluding hydrogens is 244 g/mol. The molecule has 0 radical (unpaired) electrons. The van der Waals surface area contributed by atoms with Crippen molar-refractivity contribution in [3.05, 3.63) is 47.5 Å². The standard InChI is InChI=1S/C13H18O.2C2H6.C2H4/c1-5-11-7-10(4)12(8-9(11)3)13(14)6-2;3*1-2/h7-8H,5-6H2,1-4H3;2*1-2H3;1-2H2. The largest absolute Gasteiger partial charge is 0.294 e. The molecule has 20 heavy (non-hydrogen) atoms. The monoisotopic (exact) mass is 278 g/mol. The van der Waals surface area contributed by atoms with Crippen LogP contribution in [0.4, 0.5) is 0 Å². The van der Waals surface area contributed by atoms with Gasteiger partial charge in [0.05, 0.1) is 0 Å². The molecule has 1 aromatic rings. The second-order valence-corrected chi connectivity index (χ2v) is 3.72. The maximum absolute atomic E-state index is 11.6. The third-order valence-corrected chi connectivity index (χ3v) is 2.69. The van der Waals surface area contributed by atoms with Gasteiger partial charge in [0.25, 0.3) is 0 Å². The normalized spacial score (nSPS) is 8.00. The van der Waals surface area contributed by atoms with Gasteiger partial charge in [0.1, 0.15) is 0 Å². The second-order valence-electron chi connectivity index (χ2n) is 3.72. The van der Waals surface area contributed by atoms with E-state index in [4.69, 9.17) is 0 Å². The van der Waals surface area contributed by atoms with Crippen LogP contribution >= 0.6 is 0 Å². The van der Waals surface area contributed by atoms with Gasteiger partial charge in [-0.05, 0) is 43.0 Å². The molecule has 0 atom stereocenters. The molecule has 0 fully saturated rings. The zero-order valence-corrected chi connectivity index (χ0v) is 14.9. The number of ketones is 1. The highest BCUT2D eigenvalue weighted by Crippen LogP contribution is 2.17. The van der Waals surface area contributed by atoms with Crippen LogP contribution in [0.2, 0.25) is 0 Å². The average Bonchev–Trinajstić information content (AvgIpc) is 2.54. The van der Waals surface area contributed by atoms with Crippen molar-refractivity contribution in [2.45, 2.75) is 68.2 Å². The molecule has 0 unspecified atom stereocenters. The predicted octanol–water partition coefficient (Wildman–Crippen LogP) is 6.31. The summed E-state index contributed by atoms with van der Waals surface area (Å²) in [5, 5.41) is 0. The Bertz CT molecular complexity index is 364. The maximum atomic E-state index is 11.6. The minimum atomic E-state index is 0.244. The Labute approximate surface area is 127 Å². The fourth-order valence-electron chi connectivity index (χ4n) is 1.75. The quantitative estimate of drug-likeness (QED) is 0.467. The summed E-state index contributed by atoms with van der Waals surface area (Å²) in [7, 11) is 0. The molecule has 0 bridgehead atoms. The number of rotatable bonds is 3. The van der Waals surface area contributed by atoms with Crippen molar-refractivity contribution >= 4 is 5.78 Å². The van der Waals surface area contributed by atoms with E-state index in [2.05, 4.69) is 33.1 Å². The van der Waals surface area contributed by atoms with Crippen molar-refractivity contribution in [1.29, 1.82) is 0 Å². The molecule has 0 heterocycles. The number of hydrogen-bond acceptors (Lipinski definition) is 1. The molecule has 0 amide bonds. The molecule has 0 aliphatic carbocycles. The second kappa shape index (κ2) is 15.7. The fraction of sp³-hybridized carbons (Fsp3) is 0.526. The highest BCUT2D eigenvalue weighted by molar-refractivity contribution is 5.97. The van der Waals surface area contributed by atoms with Gasteiger partial charge in [-0.1, -0.05) is 47.6 Å². The van der Waals surface area contributed by atoms with Crippen LogP contribution in [0.1, 0.15) is 75.0 Å². The highest BCUT2D eigenvalue weighted by atomic mass is 16.1. The van der Waals surface area contributed by atoms with E-state index >= 15 is 0 Å². The summed E-state index contributed by atoms with van der Waals surface area (Å²) in [6.07, 6.45) is 1.62. The SMILES string of the molecule is C=C.CC.CC.CCC(=O)c1cc(C)c(CC)cc1C. The number of Topliss-reactive ketones (excluding diaryl/α,β-unsaturated/α-hetero) is 1. The van der Waals surface area contributed by atoms with Crippen LogP contribution in [0, 0.1) is 13.8 Å².